The molecule has 29 heavy (non-hydrogen) atoms. The number of anilines is 1. The van der Waals surface area contributed by atoms with Gasteiger partial charge in [-0.1, -0.05) is 37.0 Å². The monoisotopic (exact) mass is 455 g/mol. The van der Waals surface area contributed by atoms with Gasteiger partial charge in [0.2, 0.25) is 11.5 Å². The maximum atomic E-state index is 13.7. The van der Waals surface area contributed by atoms with Crippen molar-refractivity contribution in [3.63, 3.8) is 0 Å². The fourth-order valence-electron chi connectivity index (χ4n) is 2.75. The molecular weight excluding hydrogens is 441 g/mol. The Morgan fingerprint density at radius 1 is 1.14 bits per heavy atom. The number of amides is 1. The van der Waals surface area contributed by atoms with Crippen molar-refractivity contribution < 1.29 is 32.6 Å². The minimum Gasteiger partial charge on any atom is -0.508 e. The van der Waals surface area contributed by atoms with Gasteiger partial charge in [-0.2, -0.15) is 13.2 Å². The van der Waals surface area contributed by atoms with Gasteiger partial charge >= 0.3 is 6.18 Å². The first-order valence-electron chi connectivity index (χ1n) is 7.95. The number of alkyl halides is 3. The summed E-state index contributed by atoms with van der Waals surface area (Å²) >= 11 is 11.2. The normalized spacial score (nSPS) is 14.4. The van der Waals surface area contributed by atoms with E-state index in [0.717, 1.165) is 24.3 Å². The van der Waals surface area contributed by atoms with E-state index in [-0.39, 0.29) is 15.9 Å². The van der Waals surface area contributed by atoms with E-state index in [0.29, 0.717) is 0 Å². The van der Waals surface area contributed by atoms with Crippen LogP contribution in [-0.4, -0.2) is 37.9 Å². The van der Waals surface area contributed by atoms with E-state index in [4.69, 9.17) is 23.2 Å². The number of hydrogen-bond acceptors (Lipinski definition) is 5. The first-order valence-corrected chi connectivity index (χ1v) is 8.71. The van der Waals surface area contributed by atoms with Crippen molar-refractivity contribution in [2.45, 2.75) is 37.5 Å². The van der Waals surface area contributed by atoms with Gasteiger partial charge in [0.05, 0.1) is 0 Å². The van der Waals surface area contributed by atoms with Gasteiger partial charge in [-0.25, -0.2) is 14.4 Å². The summed E-state index contributed by atoms with van der Waals surface area (Å²) in [6.07, 6.45) is -6.68. The maximum absolute atomic E-state index is 13.7. The highest BCUT2D eigenvalue weighted by Gasteiger charge is 2.61. The van der Waals surface area contributed by atoms with Crippen LogP contribution in [0.25, 0.3) is 0 Å². The van der Waals surface area contributed by atoms with Gasteiger partial charge in [0.25, 0.3) is 5.91 Å². The van der Waals surface area contributed by atoms with Gasteiger partial charge < -0.3 is 10.2 Å². The van der Waals surface area contributed by atoms with Gasteiger partial charge in [0.15, 0.2) is 0 Å². The first-order chi connectivity index (χ1) is 13.2. The van der Waals surface area contributed by atoms with Crippen molar-refractivity contribution in [2.24, 2.45) is 0 Å². The molecule has 0 saturated heterocycles. The van der Waals surface area contributed by atoms with Crippen LogP contribution >= 0.6 is 23.2 Å². The van der Waals surface area contributed by atoms with Gasteiger partial charge in [0.1, 0.15) is 21.9 Å². The number of benzene rings is 1. The Balaban J connectivity index is 2.43. The van der Waals surface area contributed by atoms with Crippen molar-refractivity contribution in [2.75, 3.05) is 5.32 Å². The van der Waals surface area contributed by atoms with E-state index >= 15 is 0 Å². The lowest BCUT2D eigenvalue weighted by molar-refractivity contribution is -0.254. The molecule has 2 rings (SSSR count). The minimum absolute atomic E-state index is 0.227. The summed E-state index contributed by atoms with van der Waals surface area (Å²) in [5, 5.41) is 21.5. The summed E-state index contributed by atoms with van der Waals surface area (Å²) in [6, 6.07) is 3.78. The van der Waals surface area contributed by atoms with Crippen LogP contribution in [0.5, 0.6) is 5.75 Å². The lowest BCUT2D eigenvalue weighted by Gasteiger charge is -2.36. The summed E-state index contributed by atoms with van der Waals surface area (Å²) in [4.78, 5) is 19.4. The number of rotatable bonds is 5. The third-order valence-electron chi connectivity index (χ3n) is 4.12. The molecule has 0 aliphatic carbocycles. The van der Waals surface area contributed by atoms with Gasteiger partial charge in [-0.3, -0.25) is 10.1 Å². The summed E-state index contributed by atoms with van der Waals surface area (Å²) in [5.74, 6) is -3.85. The van der Waals surface area contributed by atoms with Crippen molar-refractivity contribution in [1.82, 2.24) is 9.97 Å². The molecular formula is C17H15Cl2F4N3O3. The third-order valence-corrected chi connectivity index (χ3v) is 4.51. The van der Waals surface area contributed by atoms with Crippen LogP contribution in [-0.2, 0) is 10.2 Å². The van der Waals surface area contributed by atoms with Crippen molar-refractivity contribution >= 4 is 35.1 Å². The zero-order chi connectivity index (χ0) is 22.2. The zero-order valence-electron chi connectivity index (χ0n) is 15.0. The number of phenols is 1. The SMILES string of the molecule is CC(C)(CC(O)(C(=O)Nc1nc(Cl)cc(Cl)n1)C(F)(F)F)c1cc(F)ccc1O. The molecule has 12 heteroatoms. The van der Waals surface area contributed by atoms with Gasteiger partial charge in [-0.05, 0) is 23.6 Å². The molecule has 1 aromatic carbocycles. The number of nitrogens with zero attached hydrogens (tertiary/aromatic N) is 2. The standard InChI is InChI=1S/C17H15Cl2F4N3O3/c1-15(2,9-5-8(20)3-4-10(9)27)7-16(29,17(21,22)23)13(28)26-14-24-11(18)6-12(19)25-14/h3-6,27,29H,7H2,1-2H3,(H,24,25,26,28). The molecule has 0 spiro atoms. The maximum Gasteiger partial charge on any atom is 0.426 e. The van der Waals surface area contributed by atoms with Crippen molar-refractivity contribution in [3.8, 4) is 5.75 Å². The number of aliphatic hydroxyl groups is 1. The first kappa shape index (κ1) is 23.1. The number of phenolic OH excluding ortho intramolecular Hbond substituents is 1. The second kappa shape index (κ2) is 7.92. The summed E-state index contributed by atoms with van der Waals surface area (Å²) in [7, 11) is 0. The van der Waals surface area contributed by atoms with Crippen LogP contribution < -0.4 is 5.32 Å². The van der Waals surface area contributed by atoms with Gasteiger partial charge in [0, 0.05) is 18.1 Å². The Labute approximate surface area is 172 Å². The molecule has 1 amide bonds. The number of carbonyl (C=O) groups excluding carboxylic acids is 1. The molecule has 1 aromatic heterocycles. The van der Waals surface area contributed by atoms with Crippen molar-refractivity contribution in [1.29, 1.82) is 0 Å². The largest absolute Gasteiger partial charge is 0.508 e. The smallest absolute Gasteiger partial charge is 0.426 e. The molecule has 0 bridgehead atoms. The number of aromatic hydroxyl groups is 1. The Morgan fingerprint density at radius 3 is 2.21 bits per heavy atom. The number of carbonyl (C=O) groups is 1. The van der Waals surface area contributed by atoms with Crippen LogP contribution in [0.3, 0.4) is 0 Å². The quantitative estimate of drug-likeness (QED) is 0.463. The molecule has 0 radical (unpaired) electrons. The topological polar surface area (TPSA) is 95.3 Å². The predicted octanol–water partition coefficient (Wildman–Crippen LogP) is 4.23. The van der Waals surface area contributed by atoms with E-state index in [9.17, 15) is 32.6 Å². The minimum atomic E-state index is -5.43. The predicted molar refractivity (Wildman–Crippen MR) is 97.4 cm³/mol. The van der Waals surface area contributed by atoms with E-state index in [1.807, 2.05) is 0 Å². The van der Waals surface area contributed by atoms with Crippen LogP contribution in [0.2, 0.25) is 10.3 Å². The fourth-order valence-corrected chi connectivity index (χ4v) is 3.17. The Morgan fingerprint density at radius 2 is 1.69 bits per heavy atom. The summed E-state index contributed by atoms with van der Waals surface area (Å²) < 4.78 is 54.7. The van der Waals surface area contributed by atoms with E-state index in [1.54, 1.807) is 5.32 Å². The molecule has 0 aliphatic rings. The summed E-state index contributed by atoms with van der Waals surface area (Å²) in [6.45, 7) is 2.41. The lowest BCUT2D eigenvalue weighted by Crippen LogP contribution is -2.57. The number of hydrogen-bond donors (Lipinski definition) is 3. The average Bonchev–Trinajstić information content (AvgIpc) is 2.54. The molecule has 158 valence electrons. The highest BCUT2D eigenvalue weighted by atomic mass is 35.5. The molecule has 0 saturated carbocycles. The van der Waals surface area contributed by atoms with Gasteiger partial charge in [-0.15, -0.1) is 0 Å². The average molecular weight is 456 g/mol. The molecule has 0 fully saturated rings. The van der Waals surface area contributed by atoms with Crippen LogP contribution in [0.15, 0.2) is 24.3 Å². The second-order valence-electron chi connectivity index (χ2n) is 6.87. The highest BCUT2D eigenvalue weighted by Crippen LogP contribution is 2.44. The Bertz CT molecular complexity index is 920. The summed E-state index contributed by atoms with van der Waals surface area (Å²) in [5.41, 5.74) is -5.84. The lowest BCUT2D eigenvalue weighted by atomic mass is 9.74. The Hall–Kier alpha value is -2.17. The Kier molecular flexibility index (Phi) is 6.32. The molecule has 0 aliphatic heterocycles. The van der Waals surface area contributed by atoms with E-state index in [1.165, 1.54) is 13.8 Å². The van der Waals surface area contributed by atoms with Crippen LogP contribution in [0, 0.1) is 5.82 Å². The van der Waals surface area contributed by atoms with Crippen molar-refractivity contribution in [3.05, 3.63) is 46.0 Å². The fraction of sp³-hybridized carbons (Fsp3) is 0.353. The van der Waals surface area contributed by atoms with Crippen LogP contribution in [0.4, 0.5) is 23.5 Å². The molecule has 1 atom stereocenters. The highest BCUT2D eigenvalue weighted by molar-refractivity contribution is 6.33. The van der Waals surface area contributed by atoms with Crippen LogP contribution in [0.1, 0.15) is 25.8 Å². The number of nitrogens with one attached hydrogen (secondary N) is 1. The molecule has 2 aromatic rings. The zero-order valence-corrected chi connectivity index (χ0v) is 16.5. The number of aromatic nitrogens is 2. The molecule has 3 N–H and O–H groups in total. The third kappa shape index (κ3) is 5.06. The van der Waals surface area contributed by atoms with E-state index < -0.39 is 47.0 Å². The molecule has 1 unspecified atom stereocenters. The molecule has 6 nitrogen and oxygen atoms in total. The molecule has 1 heterocycles. The number of halogens is 6. The van der Waals surface area contributed by atoms with E-state index in [2.05, 4.69) is 9.97 Å². The second-order valence-corrected chi connectivity index (χ2v) is 7.65.